The zero-order valence-corrected chi connectivity index (χ0v) is 4.83. The predicted molar refractivity (Wildman–Crippen MR) is 30.9 cm³/mol. The number of hydrogen-bond acceptors (Lipinski definition) is 0. The van der Waals surface area contributed by atoms with E-state index in [1.807, 2.05) is 0 Å². The molecule has 0 aliphatic heterocycles. The topological polar surface area (TPSA) is 0 Å². The van der Waals surface area contributed by atoms with Gasteiger partial charge in [0, 0.05) is 0 Å². The maximum Gasteiger partial charge on any atom is 1.00 e. The van der Waals surface area contributed by atoms with Crippen LogP contribution in [-0.2, 0) is 0 Å². The van der Waals surface area contributed by atoms with Crippen molar-refractivity contribution in [3.05, 3.63) is 0 Å². The van der Waals surface area contributed by atoms with Gasteiger partial charge in [0.2, 0.25) is 0 Å². The lowest BCUT2D eigenvalue weighted by Gasteiger charge is -1.86. The average molecular weight is 87.2 g/mol. The van der Waals surface area contributed by atoms with Gasteiger partial charge in [-0.2, -0.15) is 0 Å². The Morgan fingerprint density at radius 1 is 1.00 bits per heavy atom. The van der Waals surface area contributed by atoms with Crippen LogP contribution in [0.4, 0.5) is 0 Å². The Balaban J connectivity index is 0. The molecule has 0 aromatic carbocycles. The minimum absolute atomic E-state index is 0. The van der Waals surface area contributed by atoms with Crippen LogP contribution in [0.15, 0.2) is 0 Å². The first-order valence-corrected chi connectivity index (χ1v) is 2.91. The lowest BCUT2D eigenvalue weighted by atomic mass is 10.2. The first kappa shape index (κ1) is 6.00. The van der Waals surface area contributed by atoms with Gasteiger partial charge in [-0.05, 0) is 0 Å². The van der Waals surface area contributed by atoms with E-state index in [1.165, 1.54) is 25.7 Å². The van der Waals surface area contributed by atoms with Crippen molar-refractivity contribution in [2.45, 2.75) is 39.5 Å². The summed E-state index contributed by atoms with van der Waals surface area (Å²) in [5, 5.41) is 0. The molecule has 0 heterocycles. The zero-order valence-electron chi connectivity index (χ0n) is 5.83. The molecule has 0 rings (SSSR count). The highest BCUT2D eigenvalue weighted by Gasteiger charge is 1.75. The summed E-state index contributed by atoms with van der Waals surface area (Å²) in [6.07, 6.45) is 5.54. The van der Waals surface area contributed by atoms with Gasteiger partial charge in [-0.25, -0.2) is 0 Å². The van der Waals surface area contributed by atoms with Crippen molar-refractivity contribution < 1.29 is 1.43 Å². The SMILES string of the molecule is CCCCCC.[H+]. The average Bonchev–Trinajstić information content (AvgIpc) is 1.61. The first-order valence-electron chi connectivity index (χ1n) is 2.91. The molecule has 0 N–H and O–H groups in total. The van der Waals surface area contributed by atoms with E-state index in [9.17, 15) is 0 Å². The summed E-state index contributed by atoms with van der Waals surface area (Å²) < 4.78 is 0. The van der Waals surface area contributed by atoms with Crippen LogP contribution in [0.3, 0.4) is 0 Å². The van der Waals surface area contributed by atoms with Gasteiger partial charge in [0.05, 0.1) is 0 Å². The van der Waals surface area contributed by atoms with E-state index in [-0.39, 0.29) is 1.43 Å². The molecule has 0 aromatic rings. The molecular weight excluding hydrogens is 72.1 g/mol. The molecular formula is C6H15+. The largest absolute Gasteiger partial charge is 1.00 e. The molecule has 0 nitrogen and oxygen atoms in total. The summed E-state index contributed by atoms with van der Waals surface area (Å²) in [5.74, 6) is 0. The third kappa shape index (κ3) is 4.00. The van der Waals surface area contributed by atoms with Crippen molar-refractivity contribution in [2.75, 3.05) is 0 Å². The van der Waals surface area contributed by atoms with Crippen molar-refractivity contribution in [3.63, 3.8) is 0 Å². The highest BCUT2D eigenvalue weighted by molar-refractivity contribution is 4.31. The van der Waals surface area contributed by atoms with Crippen LogP contribution < -0.4 is 0 Å². The highest BCUT2D eigenvalue weighted by atomic mass is 13.8. The molecule has 0 aromatic heterocycles. The van der Waals surface area contributed by atoms with Crippen molar-refractivity contribution in [1.29, 1.82) is 0 Å². The second-order valence-corrected chi connectivity index (χ2v) is 1.71. The number of unbranched alkanes of at least 4 members (excludes halogenated alkanes) is 3. The summed E-state index contributed by atoms with van der Waals surface area (Å²) in [5.41, 5.74) is 0. The maximum absolute atomic E-state index is 2.23. The van der Waals surface area contributed by atoms with E-state index in [2.05, 4.69) is 13.8 Å². The first-order chi connectivity index (χ1) is 2.91. The minimum Gasteiger partial charge on any atom is -0.0654 e. The number of hydrogen-bond donors (Lipinski definition) is 0. The van der Waals surface area contributed by atoms with Gasteiger partial charge in [0.25, 0.3) is 0 Å². The van der Waals surface area contributed by atoms with Gasteiger partial charge >= 0.3 is 1.43 Å². The van der Waals surface area contributed by atoms with Crippen LogP contribution in [-0.4, -0.2) is 0 Å². The Morgan fingerprint density at radius 2 is 1.33 bits per heavy atom. The summed E-state index contributed by atoms with van der Waals surface area (Å²) in [4.78, 5) is 0. The number of rotatable bonds is 3. The Hall–Kier alpha value is 0. The fourth-order valence-electron chi connectivity index (χ4n) is 0.500. The van der Waals surface area contributed by atoms with E-state index in [0.717, 1.165) is 0 Å². The van der Waals surface area contributed by atoms with Gasteiger partial charge in [-0.3, -0.25) is 0 Å². The molecule has 38 valence electrons. The molecule has 0 aliphatic carbocycles. The van der Waals surface area contributed by atoms with Gasteiger partial charge in [-0.1, -0.05) is 39.5 Å². The van der Waals surface area contributed by atoms with Crippen LogP contribution in [0.5, 0.6) is 0 Å². The van der Waals surface area contributed by atoms with Crippen LogP contribution in [0.1, 0.15) is 41.0 Å². The lowest BCUT2D eigenvalue weighted by molar-refractivity contribution is 0.702. The van der Waals surface area contributed by atoms with E-state index in [4.69, 9.17) is 0 Å². The normalized spacial score (nSPS) is 9.00. The Kier molecular flexibility index (Phi) is 5.00. The lowest BCUT2D eigenvalue weighted by Crippen LogP contribution is -1.66. The second-order valence-electron chi connectivity index (χ2n) is 1.71. The summed E-state index contributed by atoms with van der Waals surface area (Å²) in [7, 11) is 0. The molecule has 0 saturated carbocycles. The Bertz CT molecular complexity index is 16.1. The molecule has 0 fully saturated rings. The van der Waals surface area contributed by atoms with Crippen molar-refractivity contribution >= 4 is 0 Å². The molecule has 0 radical (unpaired) electrons. The van der Waals surface area contributed by atoms with Crippen LogP contribution in [0.2, 0.25) is 0 Å². The zero-order chi connectivity index (χ0) is 4.83. The van der Waals surface area contributed by atoms with E-state index in [0.29, 0.717) is 0 Å². The van der Waals surface area contributed by atoms with Crippen molar-refractivity contribution in [2.24, 2.45) is 0 Å². The summed E-state index contributed by atoms with van der Waals surface area (Å²) >= 11 is 0. The molecule has 0 unspecified atom stereocenters. The van der Waals surface area contributed by atoms with Crippen molar-refractivity contribution in [3.8, 4) is 0 Å². The van der Waals surface area contributed by atoms with Gasteiger partial charge in [0.1, 0.15) is 0 Å². The molecule has 0 spiro atoms. The molecule has 0 saturated heterocycles. The van der Waals surface area contributed by atoms with Gasteiger partial charge in [0.15, 0.2) is 0 Å². The minimum atomic E-state index is 0. The van der Waals surface area contributed by atoms with Gasteiger partial charge < -0.3 is 0 Å². The standard InChI is InChI=1S/C6H14/c1-3-5-6-4-2/h3-6H2,1-2H3/p+1. The highest BCUT2D eigenvalue weighted by Crippen LogP contribution is 1.95. The molecule has 0 heteroatoms. The van der Waals surface area contributed by atoms with Crippen LogP contribution in [0, 0.1) is 0 Å². The van der Waals surface area contributed by atoms with E-state index in [1.54, 1.807) is 0 Å². The fraction of sp³-hybridized carbons (Fsp3) is 1.00. The van der Waals surface area contributed by atoms with Gasteiger partial charge in [-0.15, -0.1) is 0 Å². The molecule has 0 aliphatic rings. The smallest absolute Gasteiger partial charge is 0.0654 e. The Labute approximate surface area is 42.0 Å². The third-order valence-corrected chi connectivity index (χ3v) is 0.957. The second kappa shape index (κ2) is 5.00. The fourth-order valence-corrected chi connectivity index (χ4v) is 0.500. The van der Waals surface area contributed by atoms with E-state index >= 15 is 0 Å². The quantitative estimate of drug-likeness (QED) is 0.464. The monoisotopic (exact) mass is 87.1 g/mol. The van der Waals surface area contributed by atoms with Crippen LogP contribution in [0.25, 0.3) is 0 Å². The van der Waals surface area contributed by atoms with Crippen molar-refractivity contribution in [1.82, 2.24) is 0 Å². The molecule has 0 amide bonds. The third-order valence-electron chi connectivity index (χ3n) is 0.957. The molecule has 6 heavy (non-hydrogen) atoms. The maximum atomic E-state index is 2.23. The van der Waals surface area contributed by atoms with E-state index < -0.39 is 0 Å². The predicted octanol–water partition coefficient (Wildman–Crippen LogP) is 2.70. The van der Waals surface area contributed by atoms with Crippen LogP contribution >= 0.6 is 0 Å². The molecule has 0 atom stereocenters. The summed E-state index contributed by atoms with van der Waals surface area (Å²) in [6, 6.07) is 0. The summed E-state index contributed by atoms with van der Waals surface area (Å²) in [6.45, 7) is 4.46. The molecule has 0 bridgehead atoms. The Morgan fingerprint density at radius 3 is 1.50 bits per heavy atom.